The van der Waals surface area contributed by atoms with Gasteiger partial charge in [-0.05, 0) is 17.7 Å². The monoisotopic (exact) mass is 267 g/mol. The van der Waals surface area contributed by atoms with Crippen LogP contribution >= 0.6 is 0 Å². The number of nitrogens with zero attached hydrogens (tertiary/aromatic N) is 1. The first-order valence-corrected chi connectivity index (χ1v) is 5.93. The summed E-state index contributed by atoms with van der Waals surface area (Å²) in [5, 5.41) is 8.85. The molecule has 19 heavy (non-hydrogen) atoms. The zero-order valence-electron chi connectivity index (χ0n) is 10.2. The smallest absolute Gasteiger partial charge is 0.334 e. The average molecular weight is 267 g/mol. The number of carbonyl (C=O) groups is 2. The predicted molar refractivity (Wildman–Crippen MR) is 64.1 cm³/mol. The van der Waals surface area contributed by atoms with Crippen molar-refractivity contribution in [3.8, 4) is 0 Å². The van der Waals surface area contributed by atoms with E-state index in [-0.39, 0.29) is 25.5 Å². The van der Waals surface area contributed by atoms with Crippen LogP contribution < -0.4 is 0 Å². The summed E-state index contributed by atoms with van der Waals surface area (Å²) in [6.07, 6.45) is -0.922. The molecule has 5 nitrogen and oxygen atoms in total. The molecule has 1 fully saturated rings. The number of carboxylic acid groups (broad SMARTS) is 1. The molecule has 1 aliphatic rings. The van der Waals surface area contributed by atoms with E-state index in [1.165, 1.54) is 23.1 Å². The van der Waals surface area contributed by atoms with Gasteiger partial charge in [-0.15, -0.1) is 0 Å². The molecule has 102 valence electrons. The van der Waals surface area contributed by atoms with Crippen LogP contribution in [-0.2, 0) is 20.7 Å². The number of halogens is 1. The number of carbonyl (C=O) groups excluding carboxylic acids is 1. The summed E-state index contributed by atoms with van der Waals surface area (Å²) in [4.78, 5) is 24.3. The number of carboxylic acids is 1. The highest BCUT2D eigenvalue weighted by Gasteiger charge is 2.28. The highest BCUT2D eigenvalue weighted by atomic mass is 19.1. The zero-order chi connectivity index (χ0) is 13.8. The van der Waals surface area contributed by atoms with E-state index < -0.39 is 17.9 Å². The van der Waals surface area contributed by atoms with E-state index in [1.54, 1.807) is 6.07 Å². The molecule has 6 heteroatoms. The molecule has 1 aliphatic heterocycles. The van der Waals surface area contributed by atoms with Crippen molar-refractivity contribution in [3.63, 3.8) is 0 Å². The van der Waals surface area contributed by atoms with Gasteiger partial charge in [-0.25, -0.2) is 9.18 Å². The molecule has 1 aromatic carbocycles. The Morgan fingerprint density at radius 2 is 2.26 bits per heavy atom. The van der Waals surface area contributed by atoms with Gasteiger partial charge in [0.15, 0.2) is 6.10 Å². The highest BCUT2D eigenvalue weighted by Crippen LogP contribution is 2.10. The minimum Gasteiger partial charge on any atom is -0.479 e. The fourth-order valence-electron chi connectivity index (χ4n) is 1.96. The van der Waals surface area contributed by atoms with E-state index in [1.807, 2.05) is 0 Å². The van der Waals surface area contributed by atoms with Crippen LogP contribution in [0, 0.1) is 5.82 Å². The van der Waals surface area contributed by atoms with Gasteiger partial charge in [0.1, 0.15) is 5.82 Å². The molecule has 2 rings (SSSR count). The van der Waals surface area contributed by atoms with E-state index in [2.05, 4.69) is 0 Å². The Balaban J connectivity index is 1.98. The molecule has 0 aliphatic carbocycles. The number of morpholine rings is 1. The first-order valence-electron chi connectivity index (χ1n) is 5.93. The van der Waals surface area contributed by atoms with Crippen molar-refractivity contribution in [2.24, 2.45) is 0 Å². The van der Waals surface area contributed by atoms with Gasteiger partial charge in [0.25, 0.3) is 0 Å². The van der Waals surface area contributed by atoms with Crippen LogP contribution in [0.2, 0.25) is 0 Å². The third-order valence-electron chi connectivity index (χ3n) is 2.94. The Labute approximate surface area is 109 Å². The Morgan fingerprint density at radius 3 is 2.95 bits per heavy atom. The number of hydrogen-bond donors (Lipinski definition) is 1. The van der Waals surface area contributed by atoms with Gasteiger partial charge >= 0.3 is 5.97 Å². The van der Waals surface area contributed by atoms with Crippen LogP contribution in [0.4, 0.5) is 4.39 Å². The lowest BCUT2D eigenvalue weighted by atomic mass is 10.1. The Hall–Kier alpha value is -1.95. The lowest BCUT2D eigenvalue weighted by Gasteiger charge is -2.31. The second-order valence-electron chi connectivity index (χ2n) is 4.34. The lowest BCUT2D eigenvalue weighted by Crippen LogP contribution is -2.49. The largest absolute Gasteiger partial charge is 0.479 e. The van der Waals surface area contributed by atoms with Crippen molar-refractivity contribution in [2.75, 3.05) is 19.7 Å². The van der Waals surface area contributed by atoms with Crippen molar-refractivity contribution in [2.45, 2.75) is 12.5 Å². The fourth-order valence-corrected chi connectivity index (χ4v) is 1.96. The van der Waals surface area contributed by atoms with Crippen LogP contribution in [0.15, 0.2) is 24.3 Å². The topological polar surface area (TPSA) is 66.8 Å². The molecule has 0 bridgehead atoms. The number of hydrogen-bond acceptors (Lipinski definition) is 3. The minimum absolute atomic E-state index is 0.0312. The van der Waals surface area contributed by atoms with Crippen molar-refractivity contribution < 1.29 is 23.8 Å². The predicted octanol–water partition coefficient (Wildman–Crippen LogP) is 0.680. The normalized spacial score (nSPS) is 19.2. The number of aliphatic carboxylic acids is 1. The van der Waals surface area contributed by atoms with Crippen molar-refractivity contribution in [3.05, 3.63) is 35.6 Å². The Kier molecular flexibility index (Phi) is 4.11. The van der Waals surface area contributed by atoms with E-state index >= 15 is 0 Å². The summed E-state index contributed by atoms with van der Waals surface area (Å²) in [6.45, 7) is 0.591. The van der Waals surface area contributed by atoms with Crippen LogP contribution in [0.1, 0.15) is 5.56 Å². The first-order chi connectivity index (χ1) is 9.06. The Bertz CT molecular complexity index is 491. The maximum atomic E-state index is 13.0. The van der Waals surface area contributed by atoms with Crippen molar-refractivity contribution in [1.29, 1.82) is 0 Å². The third kappa shape index (κ3) is 3.51. The van der Waals surface area contributed by atoms with E-state index in [0.717, 1.165) is 0 Å². The average Bonchev–Trinajstić information content (AvgIpc) is 2.39. The molecule has 0 radical (unpaired) electrons. The van der Waals surface area contributed by atoms with Gasteiger partial charge in [0.2, 0.25) is 5.91 Å². The summed E-state index contributed by atoms with van der Waals surface area (Å²) in [5.41, 5.74) is 0.573. The van der Waals surface area contributed by atoms with Gasteiger partial charge in [-0.1, -0.05) is 12.1 Å². The quantitative estimate of drug-likeness (QED) is 0.874. The molecule has 1 atom stereocenters. The molecule has 0 spiro atoms. The zero-order valence-corrected chi connectivity index (χ0v) is 10.2. The van der Waals surface area contributed by atoms with Crippen LogP contribution in [-0.4, -0.2) is 47.7 Å². The van der Waals surface area contributed by atoms with Gasteiger partial charge < -0.3 is 14.7 Å². The lowest BCUT2D eigenvalue weighted by molar-refractivity contribution is -0.159. The van der Waals surface area contributed by atoms with E-state index in [4.69, 9.17) is 9.84 Å². The van der Waals surface area contributed by atoms with Gasteiger partial charge in [0.05, 0.1) is 19.6 Å². The summed E-state index contributed by atoms with van der Waals surface area (Å²) < 4.78 is 18.0. The maximum Gasteiger partial charge on any atom is 0.334 e. The van der Waals surface area contributed by atoms with Crippen LogP contribution in [0.25, 0.3) is 0 Å². The molecule has 0 aromatic heterocycles. The fraction of sp³-hybridized carbons (Fsp3) is 0.385. The van der Waals surface area contributed by atoms with E-state index in [0.29, 0.717) is 12.1 Å². The van der Waals surface area contributed by atoms with Gasteiger partial charge in [-0.3, -0.25) is 4.79 Å². The molecule has 1 amide bonds. The highest BCUT2D eigenvalue weighted by molar-refractivity contribution is 5.80. The molecular weight excluding hydrogens is 253 g/mol. The maximum absolute atomic E-state index is 13.0. The van der Waals surface area contributed by atoms with Gasteiger partial charge in [-0.2, -0.15) is 0 Å². The molecule has 0 unspecified atom stereocenters. The van der Waals surface area contributed by atoms with Crippen molar-refractivity contribution >= 4 is 11.9 Å². The molecule has 1 N–H and O–H groups in total. The van der Waals surface area contributed by atoms with E-state index in [9.17, 15) is 14.0 Å². The summed E-state index contributed by atoms with van der Waals surface area (Å²) >= 11 is 0. The summed E-state index contributed by atoms with van der Waals surface area (Å²) in [7, 11) is 0. The summed E-state index contributed by atoms with van der Waals surface area (Å²) in [6, 6.07) is 5.81. The number of amides is 1. The van der Waals surface area contributed by atoms with Gasteiger partial charge in [0, 0.05) is 6.54 Å². The molecule has 1 aromatic rings. The van der Waals surface area contributed by atoms with Crippen LogP contribution in [0.3, 0.4) is 0 Å². The number of rotatable bonds is 3. The second kappa shape index (κ2) is 5.79. The second-order valence-corrected chi connectivity index (χ2v) is 4.34. The minimum atomic E-state index is -1.08. The first kappa shape index (κ1) is 13.5. The number of ether oxygens (including phenoxy) is 1. The molecular formula is C13H14FNO4. The van der Waals surface area contributed by atoms with Crippen LogP contribution in [0.5, 0.6) is 0 Å². The summed E-state index contributed by atoms with van der Waals surface area (Å²) in [5.74, 6) is -1.70. The SMILES string of the molecule is O=C(O)[C@H]1CN(C(=O)Cc2cccc(F)c2)CCO1. The van der Waals surface area contributed by atoms with Crippen molar-refractivity contribution in [1.82, 2.24) is 4.90 Å². The Morgan fingerprint density at radius 1 is 1.47 bits per heavy atom. The molecule has 1 heterocycles. The standard InChI is InChI=1S/C13H14FNO4/c14-10-3-1-2-9(6-10)7-12(16)15-4-5-19-11(8-15)13(17)18/h1-3,6,11H,4-5,7-8H2,(H,17,18)/t11-/m1/s1. The third-order valence-corrected chi connectivity index (χ3v) is 2.94. The molecule has 0 saturated carbocycles. The molecule has 1 saturated heterocycles. The number of benzene rings is 1.